The third kappa shape index (κ3) is 6.61. The Balaban J connectivity index is 0.00000289. The molecular formula is C23H23ClN3NaO5. The fourth-order valence-corrected chi connectivity index (χ4v) is 3.53. The van der Waals surface area contributed by atoms with Crippen molar-refractivity contribution >= 4 is 29.3 Å². The van der Waals surface area contributed by atoms with E-state index in [-0.39, 0.29) is 48.8 Å². The van der Waals surface area contributed by atoms with Gasteiger partial charge in [0, 0.05) is 23.8 Å². The van der Waals surface area contributed by atoms with Crippen molar-refractivity contribution in [1.29, 1.82) is 0 Å². The van der Waals surface area contributed by atoms with Gasteiger partial charge in [-0.25, -0.2) is 4.79 Å². The molecule has 0 aliphatic heterocycles. The molecule has 0 bridgehead atoms. The molecular weight excluding hydrogens is 457 g/mol. The molecule has 1 unspecified atom stereocenters. The monoisotopic (exact) mass is 479 g/mol. The van der Waals surface area contributed by atoms with E-state index in [0.717, 1.165) is 11.1 Å². The van der Waals surface area contributed by atoms with Crippen molar-refractivity contribution in [3.8, 4) is 16.9 Å². The molecule has 0 spiro atoms. The first-order valence-corrected chi connectivity index (χ1v) is 10.1. The summed E-state index contributed by atoms with van der Waals surface area (Å²) in [6, 6.07) is 12.6. The molecule has 1 heterocycles. The predicted octanol–water partition coefficient (Wildman–Crippen LogP) is 1.17. The van der Waals surface area contributed by atoms with Crippen molar-refractivity contribution < 1.29 is 50.8 Å². The molecule has 10 heteroatoms. The number of anilines is 1. The third-order valence-electron chi connectivity index (χ3n) is 4.90. The molecule has 8 nitrogen and oxygen atoms in total. The van der Waals surface area contributed by atoms with Crippen molar-refractivity contribution in [1.82, 2.24) is 9.88 Å². The van der Waals surface area contributed by atoms with Gasteiger partial charge in [-0.2, -0.15) is 0 Å². The fourth-order valence-electron chi connectivity index (χ4n) is 3.34. The number of amides is 2. The van der Waals surface area contributed by atoms with Gasteiger partial charge in [0.2, 0.25) is 0 Å². The molecule has 3 rings (SSSR count). The largest absolute Gasteiger partial charge is 1.00 e. The third-order valence-corrected chi connectivity index (χ3v) is 5.14. The van der Waals surface area contributed by atoms with Gasteiger partial charge in [-0.15, -0.1) is 0 Å². The second-order valence-electron chi connectivity index (χ2n) is 7.34. The number of carbonyl (C=O) groups excluding carboxylic acids is 1. The molecule has 33 heavy (non-hydrogen) atoms. The Morgan fingerprint density at radius 3 is 2.42 bits per heavy atom. The van der Waals surface area contributed by atoms with E-state index in [0.29, 0.717) is 16.1 Å². The minimum atomic E-state index is -1.11. The van der Waals surface area contributed by atoms with Gasteiger partial charge in [0.25, 0.3) is 5.56 Å². The first-order valence-electron chi connectivity index (χ1n) is 9.70. The summed E-state index contributed by atoms with van der Waals surface area (Å²) in [5.41, 5.74) is 1.71. The number of urea groups is 1. The molecule has 4 N–H and O–H groups in total. The van der Waals surface area contributed by atoms with Gasteiger partial charge in [0.05, 0.1) is 12.5 Å². The van der Waals surface area contributed by atoms with Crippen LogP contribution in [0.5, 0.6) is 5.75 Å². The van der Waals surface area contributed by atoms with Gasteiger partial charge in [-0.3, -0.25) is 9.59 Å². The summed E-state index contributed by atoms with van der Waals surface area (Å²) in [5.74, 6) is -1.46. The summed E-state index contributed by atoms with van der Waals surface area (Å²) >= 11 is 6.07. The Bertz CT molecular complexity index is 1250. The number of pyridine rings is 1. The zero-order chi connectivity index (χ0) is 23.4. The van der Waals surface area contributed by atoms with Crippen molar-refractivity contribution in [2.45, 2.75) is 19.4 Å². The van der Waals surface area contributed by atoms with E-state index in [4.69, 9.17) is 11.6 Å². The normalized spacial score (nSPS) is 11.2. The van der Waals surface area contributed by atoms with Crippen molar-refractivity contribution in [2.75, 3.05) is 5.32 Å². The zero-order valence-corrected chi connectivity index (χ0v) is 21.2. The number of rotatable bonds is 6. The number of aromatic hydroxyl groups is 1. The minimum Gasteiger partial charge on any atom is -1.00 e. The number of halogens is 1. The molecule has 0 fully saturated rings. The average molecular weight is 480 g/mol. The van der Waals surface area contributed by atoms with Gasteiger partial charge in [0.15, 0.2) is 5.69 Å². The van der Waals surface area contributed by atoms with Crippen molar-refractivity contribution in [3.63, 3.8) is 0 Å². The molecule has 1 aromatic heterocycles. The molecule has 0 saturated heterocycles. The van der Waals surface area contributed by atoms with E-state index >= 15 is 0 Å². The van der Waals surface area contributed by atoms with Crippen LogP contribution in [0.4, 0.5) is 10.5 Å². The van der Waals surface area contributed by atoms with Crippen LogP contribution in [0.3, 0.4) is 0 Å². The zero-order valence-electron chi connectivity index (χ0n) is 19.4. The van der Waals surface area contributed by atoms with Crippen LogP contribution in [0.2, 0.25) is 5.02 Å². The summed E-state index contributed by atoms with van der Waals surface area (Å²) in [6.45, 7) is 1.59. The van der Waals surface area contributed by atoms with E-state index in [1.54, 1.807) is 43.3 Å². The topological polar surface area (TPSA) is 121 Å². The van der Waals surface area contributed by atoms with Gasteiger partial charge in [-0.1, -0.05) is 41.9 Å². The van der Waals surface area contributed by atoms with Crippen molar-refractivity contribution in [3.05, 3.63) is 81.2 Å². The van der Waals surface area contributed by atoms with Gasteiger partial charge < -0.3 is 26.8 Å². The molecule has 1 atom stereocenters. The van der Waals surface area contributed by atoms with Gasteiger partial charge in [-0.05, 0) is 41.8 Å². The number of nitrogens with zero attached hydrogens (tertiary/aromatic N) is 1. The number of aliphatic carboxylic acids is 1. The van der Waals surface area contributed by atoms with E-state index in [2.05, 4.69) is 10.6 Å². The smallest absolute Gasteiger partial charge is 1.00 e. The standard InChI is InChI=1S/C23H22ClN3O5.Na.H/c1-13-12-27(2)22(31)20(21(13)30)26-23(32)25-18(11-19(28)29)16-7-3-5-14(9-16)15-6-4-8-17(24)10-15;;/h3-10,12,18,30H,11H2,1-2H3,(H,28,29)(H2,25,26,32);;/q;+1;-1. The molecule has 168 valence electrons. The maximum Gasteiger partial charge on any atom is 1.00 e. The van der Waals surface area contributed by atoms with Crippen LogP contribution < -0.4 is 45.8 Å². The number of hydrogen-bond acceptors (Lipinski definition) is 4. The van der Waals surface area contributed by atoms with Crippen LogP contribution in [0.25, 0.3) is 11.1 Å². The second-order valence-corrected chi connectivity index (χ2v) is 7.77. The molecule has 3 aromatic rings. The molecule has 0 saturated carbocycles. The Morgan fingerprint density at radius 1 is 1.15 bits per heavy atom. The molecule has 2 amide bonds. The average Bonchev–Trinajstić information content (AvgIpc) is 2.75. The summed E-state index contributed by atoms with van der Waals surface area (Å²) in [7, 11) is 1.49. The first kappa shape index (κ1) is 26.5. The minimum absolute atomic E-state index is 0. The number of carbonyl (C=O) groups is 2. The molecule has 2 aromatic carbocycles. The number of aromatic nitrogens is 1. The van der Waals surface area contributed by atoms with Crippen LogP contribution in [0.15, 0.2) is 59.5 Å². The van der Waals surface area contributed by atoms with E-state index < -0.39 is 23.6 Å². The quantitative estimate of drug-likeness (QED) is 0.396. The van der Waals surface area contributed by atoms with Crippen LogP contribution in [0.1, 0.15) is 25.0 Å². The van der Waals surface area contributed by atoms with E-state index in [9.17, 15) is 24.6 Å². The number of benzene rings is 2. The fraction of sp³-hybridized carbons (Fsp3) is 0.174. The van der Waals surface area contributed by atoms with Gasteiger partial charge in [0.1, 0.15) is 5.75 Å². The number of hydrogen-bond donors (Lipinski definition) is 4. The van der Waals surface area contributed by atoms with Crippen LogP contribution in [-0.4, -0.2) is 26.8 Å². The van der Waals surface area contributed by atoms with Crippen molar-refractivity contribution in [2.24, 2.45) is 7.05 Å². The number of nitrogens with one attached hydrogen (secondary N) is 2. The van der Waals surface area contributed by atoms with Crippen LogP contribution in [0, 0.1) is 6.92 Å². The SMILES string of the molecule is Cc1cn(C)c(=O)c(NC(=O)NC(CC(=O)O)c2cccc(-c3cccc(Cl)c3)c2)c1O.[H-].[Na+]. The Hall–Kier alpha value is -2.78. The molecule has 0 aliphatic rings. The second kappa shape index (κ2) is 11.4. The number of aryl methyl sites for hydroxylation is 2. The van der Waals surface area contributed by atoms with Crippen LogP contribution >= 0.6 is 11.6 Å². The first-order chi connectivity index (χ1) is 15.2. The maximum atomic E-state index is 12.6. The number of carboxylic acids is 1. The van der Waals surface area contributed by atoms with E-state index in [1.165, 1.54) is 17.8 Å². The van der Waals surface area contributed by atoms with Crippen LogP contribution in [-0.2, 0) is 11.8 Å². The Morgan fingerprint density at radius 2 is 1.79 bits per heavy atom. The Kier molecular flexibility index (Phi) is 9.13. The molecule has 0 aliphatic carbocycles. The summed E-state index contributed by atoms with van der Waals surface area (Å²) in [4.78, 5) is 36.3. The Labute approximate surface area is 219 Å². The summed E-state index contributed by atoms with van der Waals surface area (Å²) in [6.07, 6.45) is 1.06. The van der Waals surface area contributed by atoms with E-state index in [1.807, 2.05) is 12.1 Å². The summed E-state index contributed by atoms with van der Waals surface area (Å²) in [5, 5.41) is 25.0. The molecule has 0 radical (unpaired) electrons. The summed E-state index contributed by atoms with van der Waals surface area (Å²) < 4.78 is 1.23. The maximum absolute atomic E-state index is 12.6. The number of carboxylic acid groups (broad SMARTS) is 1. The van der Waals surface area contributed by atoms with Gasteiger partial charge >= 0.3 is 41.6 Å². The predicted molar refractivity (Wildman–Crippen MR) is 123 cm³/mol.